The molecule has 21 heavy (non-hydrogen) atoms. The van der Waals surface area contributed by atoms with Crippen LogP contribution in [-0.2, 0) is 14.6 Å². The molecular weight excluding hydrogens is 338 g/mol. The molecule has 2 aliphatic rings. The number of rotatable bonds is 5. The summed E-state index contributed by atoms with van der Waals surface area (Å²) in [6, 6.07) is -0.533. The number of sulfone groups is 1. The van der Waals surface area contributed by atoms with Crippen LogP contribution >= 0.6 is 23.4 Å². The smallest absolute Gasteiger partial charge is 0.277 e. The Bertz CT molecular complexity index is 644. The van der Waals surface area contributed by atoms with Crippen molar-refractivity contribution < 1.29 is 17.6 Å². The van der Waals surface area contributed by atoms with Crippen LogP contribution in [0.25, 0.3) is 0 Å². The van der Waals surface area contributed by atoms with E-state index in [0.29, 0.717) is 17.0 Å². The summed E-state index contributed by atoms with van der Waals surface area (Å²) < 4.78 is 28.2. The highest BCUT2D eigenvalue weighted by Gasteiger charge is 2.37. The minimum absolute atomic E-state index is 0.0897. The van der Waals surface area contributed by atoms with E-state index in [1.165, 1.54) is 0 Å². The van der Waals surface area contributed by atoms with Crippen LogP contribution in [0.3, 0.4) is 0 Å². The van der Waals surface area contributed by atoms with Crippen molar-refractivity contribution in [3.8, 4) is 0 Å². The van der Waals surface area contributed by atoms with Gasteiger partial charge in [0.2, 0.25) is 11.8 Å². The number of carbonyl (C=O) groups excluding carboxylic acids is 1. The molecule has 0 spiro atoms. The molecule has 1 saturated carbocycles. The van der Waals surface area contributed by atoms with Gasteiger partial charge in [0.1, 0.15) is 0 Å². The van der Waals surface area contributed by atoms with Crippen molar-refractivity contribution in [3.05, 3.63) is 5.89 Å². The number of hydrogen-bond donors (Lipinski definition) is 1. The topological polar surface area (TPSA) is 102 Å². The Balaban J connectivity index is 1.47. The third-order valence-corrected chi connectivity index (χ3v) is 6.50. The molecule has 2 heterocycles. The molecule has 1 aromatic rings. The van der Waals surface area contributed by atoms with E-state index in [-0.39, 0.29) is 23.2 Å². The summed E-state index contributed by atoms with van der Waals surface area (Å²) in [5.41, 5.74) is 0. The molecule has 2 atom stereocenters. The highest BCUT2D eigenvalue weighted by Crippen LogP contribution is 2.39. The van der Waals surface area contributed by atoms with Gasteiger partial charge in [-0.3, -0.25) is 4.79 Å². The molecule has 1 saturated heterocycles. The number of amides is 1. The third-order valence-electron chi connectivity index (χ3n) is 3.31. The Morgan fingerprint density at radius 2 is 2.14 bits per heavy atom. The molecule has 10 heteroatoms. The standard InChI is InChI=1S/C11H14ClN3O4S2/c12-7-4-21(17,18)5-8(7)13-9(16)3-20-11-15-14-10(19-11)6-1-2-6/h6-8H,1-5H2,(H,13,16)/t7-,8-/m1/s1. The van der Waals surface area contributed by atoms with Gasteiger partial charge < -0.3 is 9.73 Å². The van der Waals surface area contributed by atoms with Crippen molar-refractivity contribution in [2.45, 2.75) is 35.4 Å². The summed E-state index contributed by atoms with van der Waals surface area (Å²) in [6.45, 7) is 0. The molecule has 2 fully saturated rings. The fourth-order valence-corrected chi connectivity index (χ4v) is 5.22. The van der Waals surface area contributed by atoms with Gasteiger partial charge in [-0.15, -0.1) is 21.8 Å². The van der Waals surface area contributed by atoms with Crippen LogP contribution in [-0.4, -0.2) is 53.2 Å². The van der Waals surface area contributed by atoms with Gasteiger partial charge in [0, 0.05) is 5.92 Å². The minimum atomic E-state index is -3.15. The number of nitrogens with zero attached hydrogens (tertiary/aromatic N) is 2. The molecule has 1 N–H and O–H groups in total. The maximum Gasteiger partial charge on any atom is 0.277 e. The third kappa shape index (κ3) is 3.89. The van der Waals surface area contributed by atoms with Crippen molar-refractivity contribution in [2.24, 2.45) is 0 Å². The molecule has 1 aromatic heterocycles. The zero-order valence-corrected chi connectivity index (χ0v) is 13.4. The molecule has 7 nitrogen and oxygen atoms in total. The fourth-order valence-electron chi connectivity index (χ4n) is 2.09. The Hall–Kier alpha value is -0.800. The lowest BCUT2D eigenvalue weighted by Gasteiger charge is -2.13. The van der Waals surface area contributed by atoms with E-state index >= 15 is 0 Å². The van der Waals surface area contributed by atoms with Gasteiger partial charge in [-0.05, 0) is 12.8 Å². The molecule has 3 rings (SSSR count). The number of nitrogens with one attached hydrogen (secondary N) is 1. The van der Waals surface area contributed by atoms with Crippen LogP contribution in [0.4, 0.5) is 0 Å². The van der Waals surface area contributed by atoms with Gasteiger partial charge in [-0.2, -0.15) is 0 Å². The first-order valence-electron chi connectivity index (χ1n) is 6.53. The number of carbonyl (C=O) groups is 1. The highest BCUT2D eigenvalue weighted by molar-refractivity contribution is 7.99. The van der Waals surface area contributed by atoms with Gasteiger partial charge in [-0.1, -0.05) is 11.8 Å². The largest absolute Gasteiger partial charge is 0.416 e. The number of halogens is 1. The number of thioether (sulfide) groups is 1. The predicted molar refractivity (Wildman–Crippen MR) is 77.2 cm³/mol. The monoisotopic (exact) mass is 351 g/mol. The summed E-state index contributed by atoms with van der Waals surface area (Å²) in [7, 11) is -3.15. The first-order chi connectivity index (χ1) is 9.93. The van der Waals surface area contributed by atoms with E-state index in [0.717, 1.165) is 24.6 Å². The average molecular weight is 352 g/mol. The maximum absolute atomic E-state index is 11.8. The SMILES string of the molecule is O=C(CSc1nnc(C2CC2)o1)N[C@@H]1CS(=O)(=O)C[C@H]1Cl. The van der Waals surface area contributed by atoms with Crippen molar-refractivity contribution in [1.82, 2.24) is 15.5 Å². The zero-order chi connectivity index (χ0) is 15.0. The molecule has 0 bridgehead atoms. The van der Waals surface area contributed by atoms with Crippen LogP contribution < -0.4 is 5.32 Å². The highest BCUT2D eigenvalue weighted by atomic mass is 35.5. The second-order valence-corrected chi connectivity index (χ2v) is 8.88. The van der Waals surface area contributed by atoms with Crippen LogP contribution in [0.2, 0.25) is 0 Å². The molecule has 1 aliphatic heterocycles. The second-order valence-electron chi connectivity index (χ2n) is 5.24. The molecule has 0 aromatic carbocycles. The Morgan fingerprint density at radius 3 is 2.76 bits per heavy atom. The summed E-state index contributed by atoms with van der Waals surface area (Å²) in [6.07, 6.45) is 2.14. The molecule has 1 aliphatic carbocycles. The predicted octanol–water partition coefficient (Wildman–Crippen LogP) is 0.560. The van der Waals surface area contributed by atoms with Crippen LogP contribution in [0, 0.1) is 0 Å². The molecule has 0 unspecified atom stereocenters. The zero-order valence-electron chi connectivity index (χ0n) is 11.0. The van der Waals surface area contributed by atoms with Crippen molar-refractivity contribution in [1.29, 1.82) is 0 Å². The molecule has 0 radical (unpaired) electrons. The van der Waals surface area contributed by atoms with Crippen LogP contribution in [0.5, 0.6) is 0 Å². The average Bonchev–Trinajstić information content (AvgIpc) is 3.07. The lowest BCUT2D eigenvalue weighted by atomic mass is 10.2. The number of hydrogen-bond acceptors (Lipinski definition) is 7. The summed E-state index contributed by atoms with van der Waals surface area (Å²) in [5, 5.41) is 10.2. The fraction of sp³-hybridized carbons (Fsp3) is 0.727. The lowest BCUT2D eigenvalue weighted by Crippen LogP contribution is -2.41. The first kappa shape index (κ1) is 15.1. The van der Waals surface area contributed by atoms with Gasteiger partial charge in [0.25, 0.3) is 5.22 Å². The van der Waals surface area contributed by atoms with Gasteiger partial charge in [0.05, 0.1) is 28.7 Å². The van der Waals surface area contributed by atoms with Crippen LogP contribution in [0.1, 0.15) is 24.7 Å². The van der Waals surface area contributed by atoms with E-state index < -0.39 is 21.3 Å². The van der Waals surface area contributed by atoms with Gasteiger partial charge in [-0.25, -0.2) is 8.42 Å². The summed E-state index contributed by atoms with van der Waals surface area (Å²) >= 11 is 7.06. The van der Waals surface area contributed by atoms with Gasteiger partial charge >= 0.3 is 0 Å². The van der Waals surface area contributed by atoms with Gasteiger partial charge in [0.15, 0.2) is 9.84 Å². The lowest BCUT2D eigenvalue weighted by molar-refractivity contribution is -0.119. The number of alkyl halides is 1. The summed E-state index contributed by atoms with van der Waals surface area (Å²) in [5.74, 6) is 0.596. The summed E-state index contributed by atoms with van der Waals surface area (Å²) in [4.78, 5) is 11.8. The molecule has 116 valence electrons. The van der Waals surface area contributed by atoms with E-state index in [1.807, 2.05) is 0 Å². The normalized spacial score (nSPS) is 27.7. The van der Waals surface area contributed by atoms with Crippen LogP contribution in [0.15, 0.2) is 9.64 Å². The van der Waals surface area contributed by atoms with E-state index in [1.54, 1.807) is 0 Å². The number of aromatic nitrogens is 2. The first-order valence-corrected chi connectivity index (χ1v) is 9.77. The molecular formula is C11H14ClN3O4S2. The Labute approximate surface area is 131 Å². The van der Waals surface area contributed by atoms with Crippen molar-refractivity contribution >= 4 is 39.1 Å². The van der Waals surface area contributed by atoms with E-state index in [4.69, 9.17) is 16.0 Å². The van der Waals surface area contributed by atoms with E-state index in [2.05, 4.69) is 15.5 Å². The minimum Gasteiger partial charge on any atom is -0.416 e. The quantitative estimate of drug-likeness (QED) is 0.610. The van der Waals surface area contributed by atoms with E-state index in [9.17, 15) is 13.2 Å². The maximum atomic E-state index is 11.8. The second kappa shape index (κ2) is 5.77. The van der Waals surface area contributed by atoms with Crippen molar-refractivity contribution in [3.63, 3.8) is 0 Å². The molecule has 1 amide bonds. The Morgan fingerprint density at radius 1 is 1.38 bits per heavy atom. The Kier molecular flexibility index (Phi) is 4.15. The van der Waals surface area contributed by atoms with Crippen molar-refractivity contribution in [2.75, 3.05) is 17.3 Å².